The van der Waals surface area contributed by atoms with Gasteiger partial charge in [-0.15, -0.1) is 0 Å². The van der Waals surface area contributed by atoms with Crippen molar-refractivity contribution in [1.29, 1.82) is 0 Å². The highest BCUT2D eigenvalue weighted by Gasteiger charge is 2.16. The van der Waals surface area contributed by atoms with Crippen LogP contribution in [0.25, 0.3) is 0 Å². The molecule has 5 heteroatoms. The quantitative estimate of drug-likeness (QED) is 0.809. The van der Waals surface area contributed by atoms with Crippen molar-refractivity contribution in [3.63, 3.8) is 0 Å². The molecule has 0 unspecified atom stereocenters. The van der Waals surface area contributed by atoms with Crippen LogP contribution >= 0.6 is 15.9 Å². The molecule has 0 atom stereocenters. The van der Waals surface area contributed by atoms with Gasteiger partial charge in [-0.1, -0.05) is 15.9 Å². The Morgan fingerprint density at radius 2 is 1.94 bits per heavy atom. The first kappa shape index (κ1) is 13.1. The Hall–Kier alpha value is -1.36. The van der Waals surface area contributed by atoms with Crippen LogP contribution < -0.4 is 4.90 Å². The Balaban J connectivity index is 2.45. The van der Waals surface area contributed by atoms with Gasteiger partial charge in [-0.25, -0.2) is 4.39 Å². The Morgan fingerprint density at radius 3 is 2.50 bits per heavy atom. The molecule has 0 aliphatic heterocycles. The van der Waals surface area contributed by atoms with E-state index in [4.69, 9.17) is 0 Å². The van der Waals surface area contributed by atoms with Crippen LogP contribution in [0.4, 0.5) is 15.9 Å². The number of rotatable bonds is 3. The molecule has 1 aromatic carbocycles. The van der Waals surface area contributed by atoms with Crippen LogP contribution in [-0.2, 0) is 12.4 Å². The van der Waals surface area contributed by atoms with Gasteiger partial charge in [0.05, 0.1) is 5.69 Å². The van der Waals surface area contributed by atoms with Crippen LogP contribution in [0.1, 0.15) is 11.3 Å². The number of hydrogen-bond donors (Lipinski definition) is 0. The predicted molar refractivity (Wildman–Crippen MR) is 75.0 cm³/mol. The van der Waals surface area contributed by atoms with Gasteiger partial charge in [0.1, 0.15) is 11.6 Å². The van der Waals surface area contributed by atoms with Crippen LogP contribution in [0.15, 0.2) is 24.3 Å². The summed E-state index contributed by atoms with van der Waals surface area (Å²) in [6, 6.07) is 6.44. The molecule has 0 aliphatic carbocycles. The number of alkyl halides is 1. The summed E-state index contributed by atoms with van der Waals surface area (Å²) in [4.78, 5) is 2.01. The van der Waals surface area contributed by atoms with Crippen molar-refractivity contribution in [2.75, 3.05) is 11.9 Å². The third kappa shape index (κ3) is 2.27. The minimum Gasteiger partial charge on any atom is -0.329 e. The first-order valence-electron chi connectivity index (χ1n) is 5.62. The zero-order valence-electron chi connectivity index (χ0n) is 10.6. The fourth-order valence-electron chi connectivity index (χ4n) is 2.05. The molecule has 2 aromatic rings. The van der Waals surface area contributed by atoms with Crippen LogP contribution in [0.5, 0.6) is 0 Å². The molecule has 0 aliphatic rings. The predicted octanol–water partition coefficient (Wildman–Crippen LogP) is 3.53. The van der Waals surface area contributed by atoms with E-state index in [0.717, 1.165) is 28.1 Å². The van der Waals surface area contributed by atoms with E-state index in [-0.39, 0.29) is 5.82 Å². The van der Waals surface area contributed by atoms with Gasteiger partial charge in [-0.2, -0.15) is 5.10 Å². The molecule has 0 spiro atoms. The number of halogens is 2. The second-order valence-electron chi connectivity index (χ2n) is 4.18. The van der Waals surface area contributed by atoms with Crippen molar-refractivity contribution in [1.82, 2.24) is 9.78 Å². The number of nitrogens with zero attached hydrogens (tertiary/aromatic N) is 3. The molecule has 0 radical (unpaired) electrons. The Bertz CT molecular complexity index is 548. The lowest BCUT2D eigenvalue weighted by Gasteiger charge is -2.20. The molecule has 18 heavy (non-hydrogen) atoms. The number of benzene rings is 1. The van der Waals surface area contributed by atoms with E-state index in [9.17, 15) is 4.39 Å². The molecule has 0 amide bonds. The molecule has 1 heterocycles. The van der Waals surface area contributed by atoms with E-state index in [0.29, 0.717) is 0 Å². The van der Waals surface area contributed by atoms with Crippen molar-refractivity contribution < 1.29 is 4.39 Å². The average Bonchev–Trinajstić information content (AvgIpc) is 2.63. The fourth-order valence-corrected chi connectivity index (χ4v) is 2.71. The Kier molecular flexibility index (Phi) is 3.71. The molecule has 2 rings (SSSR count). The standard InChI is InChI=1S/C13H15BrFN3/c1-9-12(8-14)13(18(3)16-9)17(2)11-6-4-10(15)5-7-11/h4-7H,8H2,1-3H3. The maximum atomic E-state index is 12.9. The molecule has 0 saturated heterocycles. The van der Waals surface area contributed by atoms with Gasteiger partial charge in [0, 0.05) is 30.7 Å². The summed E-state index contributed by atoms with van der Waals surface area (Å²) in [6.07, 6.45) is 0. The van der Waals surface area contributed by atoms with Crippen LogP contribution in [-0.4, -0.2) is 16.8 Å². The number of hydrogen-bond acceptors (Lipinski definition) is 2. The van der Waals surface area contributed by atoms with Gasteiger partial charge in [0.15, 0.2) is 0 Å². The molecule has 96 valence electrons. The summed E-state index contributed by atoms with van der Waals surface area (Å²) in [7, 11) is 3.87. The first-order valence-corrected chi connectivity index (χ1v) is 6.74. The Morgan fingerprint density at radius 1 is 1.33 bits per heavy atom. The number of anilines is 2. The highest BCUT2D eigenvalue weighted by molar-refractivity contribution is 9.08. The van der Waals surface area contributed by atoms with E-state index < -0.39 is 0 Å². The lowest BCUT2D eigenvalue weighted by molar-refractivity contribution is 0.628. The van der Waals surface area contributed by atoms with E-state index in [1.54, 1.807) is 12.1 Å². The summed E-state index contributed by atoms with van der Waals surface area (Å²) in [5, 5.41) is 5.16. The average molecular weight is 312 g/mol. The molecular weight excluding hydrogens is 297 g/mol. The second kappa shape index (κ2) is 5.10. The van der Waals surface area contributed by atoms with Crippen LogP contribution in [0, 0.1) is 12.7 Å². The Labute approximate surface area is 114 Å². The molecule has 0 bridgehead atoms. The normalized spacial score (nSPS) is 10.7. The maximum absolute atomic E-state index is 12.9. The summed E-state index contributed by atoms with van der Waals surface area (Å²) in [5.41, 5.74) is 3.07. The van der Waals surface area contributed by atoms with Crippen LogP contribution in [0.2, 0.25) is 0 Å². The van der Waals surface area contributed by atoms with Gasteiger partial charge < -0.3 is 4.90 Å². The zero-order valence-corrected chi connectivity index (χ0v) is 12.2. The fraction of sp³-hybridized carbons (Fsp3) is 0.308. The summed E-state index contributed by atoms with van der Waals surface area (Å²) < 4.78 is 14.8. The number of aromatic nitrogens is 2. The lowest BCUT2D eigenvalue weighted by Crippen LogP contribution is -2.15. The number of aryl methyl sites for hydroxylation is 2. The third-order valence-electron chi connectivity index (χ3n) is 2.98. The first-order chi connectivity index (χ1) is 8.54. The van der Waals surface area contributed by atoms with E-state index in [1.165, 1.54) is 12.1 Å². The van der Waals surface area contributed by atoms with Gasteiger partial charge in [-0.05, 0) is 31.2 Å². The monoisotopic (exact) mass is 311 g/mol. The minimum atomic E-state index is -0.228. The SMILES string of the molecule is Cc1nn(C)c(N(C)c2ccc(F)cc2)c1CBr. The maximum Gasteiger partial charge on any atom is 0.135 e. The van der Waals surface area contributed by atoms with Crippen molar-refractivity contribution in [3.8, 4) is 0 Å². The second-order valence-corrected chi connectivity index (χ2v) is 4.74. The van der Waals surface area contributed by atoms with Gasteiger partial charge >= 0.3 is 0 Å². The summed E-state index contributed by atoms with van der Waals surface area (Å²) in [5.74, 6) is 0.782. The van der Waals surface area contributed by atoms with E-state index in [2.05, 4.69) is 21.0 Å². The van der Waals surface area contributed by atoms with Gasteiger partial charge in [0.25, 0.3) is 0 Å². The largest absolute Gasteiger partial charge is 0.329 e. The van der Waals surface area contributed by atoms with Crippen LogP contribution in [0.3, 0.4) is 0 Å². The molecule has 0 fully saturated rings. The highest BCUT2D eigenvalue weighted by atomic mass is 79.9. The van der Waals surface area contributed by atoms with Gasteiger partial charge in [0.2, 0.25) is 0 Å². The summed E-state index contributed by atoms with van der Waals surface area (Å²) in [6.45, 7) is 1.98. The van der Waals surface area contributed by atoms with E-state index >= 15 is 0 Å². The van der Waals surface area contributed by atoms with Gasteiger partial charge in [-0.3, -0.25) is 4.68 Å². The van der Waals surface area contributed by atoms with E-state index in [1.807, 2.05) is 30.6 Å². The van der Waals surface area contributed by atoms with Crippen molar-refractivity contribution in [2.45, 2.75) is 12.3 Å². The minimum absolute atomic E-state index is 0.228. The smallest absolute Gasteiger partial charge is 0.135 e. The van der Waals surface area contributed by atoms with Crippen molar-refractivity contribution >= 4 is 27.4 Å². The molecule has 1 aromatic heterocycles. The highest BCUT2D eigenvalue weighted by Crippen LogP contribution is 2.30. The summed E-state index contributed by atoms with van der Waals surface area (Å²) >= 11 is 3.48. The molecule has 0 N–H and O–H groups in total. The topological polar surface area (TPSA) is 21.1 Å². The lowest BCUT2D eigenvalue weighted by atomic mass is 10.2. The molecular formula is C13H15BrFN3. The molecule has 0 saturated carbocycles. The third-order valence-corrected chi connectivity index (χ3v) is 3.54. The molecule has 3 nitrogen and oxygen atoms in total. The van der Waals surface area contributed by atoms with Crippen molar-refractivity contribution in [2.24, 2.45) is 7.05 Å². The zero-order chi connectivity index (χ0) is 13.3. The van der Waals surface area contributed by atoms with Crippen molar-refractivity contribution in [3.05, 3.63) is 41.3 Å².